The zero-order chi connectivity index (χ0) is 17.4. The van der Waals surface area contributed by atoms with Gasteiger partial charge in [-0.2, -0.15) is 0 Å². The molecule has 2 bridgehead atoms. The molecule has 5 rings (SSSR count). The third-order valence-corrected chi connectivity index (χ3v) is 5.32. The topological polar surface area (TPSA) is 75.9 Å². The van der Waals surface area contributed by atoms with E-state index in [9.17, 15) is 14.9 Å². The number of benzene rings is 1. The maximum absolute atomic E-state index is 12.6. The molecule has 4 aliphatic rings. The molecule has 0 amide bonds. The lowest BCUT2D eigenvalue weighted by atomic mass is 9.84. The lowest BCUT2D eigenvalue weighted by molar-refractivity contribution is -0.384. The summed E-state index contributed by atoms with van der Waals surface area (Å²) in [6, 6.07) is 4.90. The molecule has 25 heavy (non-hydrogen) atoms. The molecule has 0 aliphatic carbocycles. The zero-order valence-corrected chi connectivity index (χ0v) is 14.0. The fourth-order valence-corrected chi connectivity index (χ4v) is 3.92. The van der Waals surface area contributed by atoms with Crippen LogP contribution in [0.4, 0.5) is 11.4 Å². The van der Waals surface area contributed by atoms with Gasteiger partial charge in [0.15, 0.2) is 5.78 Å². The summed E-state index contributed by atoms with van der Waals surface area (Å²) in [5, 5.41) is 11.2. The number of nitro benzene ring substituents is 1. The molecule has 4 heterocycles. The Morgan fingerprint density at radius 3 is 2.48 bits per heavy atom. The molecule has 7 nitrogen and oxygen atoms in total. The van der Waals surface area contributed by atoms with E-state index in [0.29, 0.717) is 18.9 Å². The van der Waals surface area contributed by atoms with Crippen LogP contribution in [-0.4, -0.2) is 55.0 Å². The Morgan fingerprint density at radius 1 is 1.12 bits per heavy atom. The van der Waals surface area contributed by atoms with Gasteiger partial charge in [0.25, 0.3) is 5.69 Å². The number of piperidine rings is 3. The molecule has 0 N–H and O–H groups in total. The Kier molecular flexibility index (Phi) is 4.17. The molecule has 4 fully saturated rings. The monoisotopic (exact) mass is 343 g/mol. The Morgan fingerprint density at radius 2 is 1.84 bits per heavy atom. The van der Waals surface area contributed by atoms with E-state index in [4.69, 9.17) is 4.74 Å². The van der Waals surface area contributed by atoms with Crippen LogP contribution in [0.1, 0.15) is 18.4 Å². The number of ether oxygens (including phenoxy) is 1. The smallest absolute Gasteiger partial charge is 0.270 e. The SMILES string of the molecule is O=C1/C(=C/c2cc([N+](=O)[O-])ccc2N2CCOCC2)N2CCC1CC2. The fraction of sp³-hybridized carbons (Fsp3) is 0.500. The second kappa shape index (κ2) is 6.48. The third kappa shape index (κ3) is 3.00. The first kappa shape index (κ1) is 16.1. The van der Waals surface area contributed by atoms with Crippen molar-refractivity contribution in [1.29, 1.82) is 0 Å². The van der Waals surface area contributed by atoms with Gasteiger partial charge in [-0.05, 0) is 25.0 Å². The van der Waals surface area contributed by atoms with Crippen LogP contribution in [-0.2, 0) is 9.53 Å². The molecule has 132 valence electrons. The van der Waals surface area contributed by atoms with E-state index >= 15 is 0 Å². The van der Waals surface area contributed by atoms with Gasteiger partial charge in [-0.1, -0.05) is 0 Å². The standard InChI is InChI=1S/C18H21N3O4/c22-18-13-3-5-19(6-4-13)17(18)12-14-11-15(21(23)24)1-2-16(14)20-7-9-25-10-8-20/h1-2,11-13H,3-10H2/b17-12-. The maximum Gasteiger partial charge on any atom is 0.270 e. The highest BCUT2D eigenvalue weighted by Crippen LogP contribution is 2.35. The number of carbonyl (C=O) groups excluding carboxylic acids is 1. The minimum Gasteiger partial charge on any atom is -0.378 e. The van der Waals surface area contributed by atoms with Gasteiger partial charge in [0.2, 0.25) is 0 Å². The third-order valence-electron chi connectivity index (χ3n) is 5.32. The number of nitrogens with zero attached hydrogens (tertiary/aromatic N) is 3. The van der Waals surface area contributed by atoms with Gasteiger partial charge in [-0.15, -0.1) is 0 Å². The molecule has 0 spiro atoms. The van der Waals surface area contributed by atoms with Crippen molar-refractivity contribution in [3.63, 3.8) is 0 Å². The average molecular weight is 343 g/mol. The van der Waals surface area contributed by atoms with Crippen LogP contribution in [0.5, 0.6) is 0 Å². The van der Waals surface area contributed by atoms with Gasteiger partial charge < -0.3 is 14.5 Å². The Balaban J connectivity index is 1.75. The number of anilines is 1. The van der Waals surface area contributed by atoms with Crippen molar-refractivity contribution in [2.75, 3.05) is 44.3 Å². The summed E-state index contributed by atoms with van der Waals surface area (Å²) < 4.78 is 5.40. The number of fused-ring (bicyclic) bond motifs is 3. The highest BCUT2D eigenvalue weighted by molar-refractivity contribution is 6.02. The number of morpholine rings is 1. The number of non-ortho nitro benzene ring substituents is 1. The Labute approximate surface area is 146 Å². The molecule has 0 unspecified atom stereocenters. The van der Waals surface area contributed by atoms with Gasteiger partial charge in [-0.3, -0.25) is 14.9 Å². The van der Waals surface area contributed by atoms with E-state index in [-0.39, 0.29) is 22.3 Å². The summed E-state index contributed by atoms with van der Waals surface area (Å²) in [5.41, 5.74) is 2.42. The zero-order valence-electron chi connectivity index (χ0n) is 14.0. The van der Waals surface area contributed by atoms with Gasteiger partial charge in [0.05, 0.1) is 23.8 Å². The number of carbonyl (C=O) groups is 1. The summed E-state index contributed by atoms with van der Waals surface area (Å²) in [6.45, 7) is 4.55. The molecule has 0 radical (unpaired) electrons. The Hall–Kier alpha value is -2.41. The van der Waals surface area contributed by atoms with Crippen molar-refractivity contribution in [2.45, 2.75) is 12.8 Å². The highest BCUT2D eigenvalue weighted by atomic mass is 16.6. The second-order valence-electron chi connectivity index (χ2n) is 6.75. The fourth-order valence-electron chi connectivity index (χ4n) is 3.92. The second-order valence-corrected chi connectivity index (χ2v) is 6.75. The molecule has 4 saturated heterocycles. The molecular weight excluding hydrogens is 322 g/mol. The molecule has 0 saturated carbocycles. The van der Waals surface area contributed by atoms with Crippen LogP contribution in [0.25, 0.3) is 6.08 Å². The molecule has 4 aliphatic heterocycles. The predicted molar refractivity (Wildman–Crippen MR) is 93.4 cm³/mol. The van der Waals surface area contributed by atoms with Crippen molar-refractivity contribution in [3.05, 3.63) is 39.6 Å². The van der Waals surface area contributed by atoms with E-state index in [2.05, 4.69) is 9.80 Å². The first-order valence-corrected chi connectivity index (χ1v) is 8.75. The quantitative estimate of drug-likeness (QED) is 0.475. The number of hydrogen-bond acceptors (Lipinski definition) is 6. The van der Waals surface area contributed by atoms with Crippen molar-refractivity contribution in [2.24, 2.45) is 5.92 Å². The molecule has 0 atom stereocenters. The number of Topliss-reactive ketones (excluding diaryl/α,β-unsaturated/α-hetero) is 1. The van der Waals surface area contributed by atoms with Crippen molar-refractivity contribution in [1.82, 2.24) is 4.90 Å². The highest BCUT2D eigenvalue weighted by Gasteiger charge is 2.36. The molecule has 0 aromatic heterocycles. The van der Waals surface area contributed by atoms with Gasteiger partial charge in [0.1, 0.15) is 0 Å². The molecule has 1 aromatic carbocycles. The van der Waals surface area contributed by atoms with Crippen LogP contribution in [0, 0.1) is 16.0 Å². The van der Waals surface area contributed by atoms with E-state index in [1.807, 2.05) is 6.08 Å². The average Bonchev–Trinajstić information content (AvgIpc) is 2.65. The first-order valence-electron chi connectivity index (χ1n) is 8.75. The number of allylic oxidation sites excluding steroid dienone is 1. The van der Waals surface area contributed by atoms with Gasteiger partial charge >= 0.3 is 0 Å². The lowest BCUT2D eigenvalue weighted by Crippen LogP contribution is -2.46. The lowest BCUT2D eigenvalue weighted by Gasteiger charge is -2.41. The Bertz CT molecular complexity index is 732. The summed E-state index contributed by atoms with van der Waals surface area (Å²) in [5.74, 6) is 0.290. The maximum atomic E-state index is 12.6. The van der Waals surface area contributed by atoms with E-state index in [1.54, 1.807) is 12.1 Å². The predicted octanol–water partition coefficient (Wildman–Crippen LogP) is 2.07. The van der Waals surface area contributed by atoms with E-state index in [0.717, 1.165) is 50.3 Å². The molecular formula is C18H21N3O4. The number of nitro groups is 1. The summed E-state index contributed by atoms with van der Waals surface area (Å²) in [7, 11) is 0. The van der Waals surface area contributed by atoms with E-state index < -0.39 is 0 Å². The minimum atomic E-state index is -0.389. The van der Waals surface area contributed by atoms with E-state index in [1.165, 1.54) is 6.07 Å². The number of rotatable bonds is 3. The van der Waals surface area contributed by atoms with Crippen molar-refractivity contribution in [3.8, 4) is 0 Å². The summed E-state index contributed by atoms with van der Waals surface area (Å²) in [4.78, 5) is 27.7. The van der Waals surface area contributed by atoms with Crippen LogP contribution in [0.15, 0.2) is 23.9 Å². The van der Waals surface area contributed by atoms with Crippen LogP contribution >= 0.6 is 0 Å². The van der Waals surface area contributed by atoms with Crippen LogP contribution in [0.2, 0.25) is 0 Å². The number of hydrogen-bond donors (Lipinski definition) is 0. The normalized spacial score (nSPS) is 22.7. The number of ketones is 1. The van der Waals surface area contributed by atoms with Crippen molar-refractivity contribution >= 4 is 23.2 Å². The van der Waals surface area contributed by atoms with Crippen LogP contribution in [0.3, 0.4) is 0 Å². The van der Waals surface area contributed by atoms with Gasteiger partial charge in [0, 0.05) is 55.5 Å². The minimum absolute atomic E-state index is 0.0484. The van der Waals surface area contributed by atoms with Crippen molar-refractivity contribution < 1.29 is 14.5 Å². The molecule has 1 aromatic rings. The molecule has 7 heteroatoms. The largest absolute Gasteiger partial charge is 0.378 e. The first-order chi connectivity index (χ1) is 12.1. The van der Waals surface area contributed by atoms with Crippen LogP contribution < -0.4 is 4.90 Å². The van der Waals surface area contributed by atoms with Gasteiger partial charge in [-0.25, -0.2) is 0 Å². The summed E-state index contributed by atoms with van der Waals surface area (Å²) in [6.07, 6.45) is 3.69. The summed E-state index contributed by atoms with van der Waals surface area (Å²) >= 11 is 0.